The number of halogens is 7. The Morgan fingerprint density at radius 2 is 1.94 bits per heavy atom. The van der Waals surface area contributed by atoms with Crippen molar-refractivity contribution in [3.63, 3.8) is 0 Å². The van der Waals surface area contributed by atoms with E-state index in [2.05, 4.69) is 20.9 Å². The monoisotopic (exact) mass is 323 g/mol. The average Bonchev–Trinajstić information content (AvgIpc) is 2.15. The van der Waals surface area contributed by atoms with Crippen LogP contribution in [0.4, 0.5) is 22.0 Å². The van der Waals surface area contributed by atoms with Crippen molar-refractivity contribution in [1.82, 2.24) is 4.98 Å². The van der Waals surface area contributed by atoms with E-state index in [1.54, 1.807) is 0 Å². The van der Waals surface area contributed by atoms with Crippen LogP contribution in [0.1, 0.15) is 23.2 Å². The lowest BCUT2D eigenvalue weighted by Gasteiger charge is -2.16. The van der Waals surface area contributed by atoms with Gasteiger partial charge in [0, 0.05) is 11.5 Å². The van der Waals surface area contributed by atoms with Crippen molar-refractivity contribution in [2.75, 3.05) is 0 Å². The number of pyridine rings is 1. The molecular weight excluding hydrogens is 320 g/mol. The van der Waals surface area contributed by atoms with Gasteiger partial charge in [-0.25, -0.2) is 8.78 Å². The molecule has 0 spiro atoms. The molecule has 0 amide bonds. The van der Waals surface area contributed by atoms with E-state index in [-0.39, 0.29) is 5.33 Å². The first-order chi connectivity index (χ1) is 7.29. The van der Waals surface area contributed by atoms with Crippen LogP contribution in [-0.4, -0.2) is 4.98 Å². The molecule has 0 saturated carbocycles. The molecule has 0 aromatic carbocycles. The zero-order valence-corrected chi connectivity index (χ0v) is 9.80. The molecule has 0 bridgehead atoms. The third-order valence-corrected chi connectivity index (χ3v) is 2.61. The number of hydrogen-bond donors (Lipinski definition) is 0. The highest BCUT2D eigenvalue weighted by Crippen LogP contribution is 2.41. The Balaban J connectivity index is 3.56. The lowest BCUT2D eigenvalue weighted by Crippen LogP contribution is -2.14. The smallest absolute Gasteiger partial charge is 0.258 e. The van der Waals surface area contributed by atoms with Crippen LogP contribution in [0.2, 0.25) is 5.02 Å². The van der Waals surface area contributed by atoms with Gasteiger partial charge in [0.1, 0.15) is 0 Å². The van der Waals surface area contributed by atoms with Gasteiger partial charge in [-0.15, -0.1) is 0 Å². The lowest BCUT2D eigenvalue weighted by atomic mass is 10.1. The van der Waals surface area contributed by atoms with E-state index in [1.165, 1.54) is 0 Å². The minimum Gasteiger partial charge on any atom is -0.258 e. The Bertz CT molecular complexity index is 393. The van der Waals surface area contributed by atoms with Crippen molar-refractivity contribution >= 4 is 27.5 Å². The predicted molar refractivity (Wildman–Crippen MR) is 51.8 cm³/mol. The molecule has 1 nitrogen and oxygen atoms in total. The summed E-state index contributed by atoms with van der Waals surface area (Å²) in [5.41, 5.74) is -3.20. The minimum absolute atomic E-state index is 0.279. The Morgan fingerprint density at radius 3 is 2.31 bits per heavy atom. The quantitative estimate of drug-likeness (QED) is 0.573. The van der Waals surface area contributed by atoms with Crippen LogP contribution in [0.5, 0.6) is 0 Å². The zero-order valence-electron chi connectivity index (χ0n) is 7.45. The van der Waals surface area contributed by atoms with Crippen LogP contribution < -0.4 is 0 Å². The van der Waals surface area contributed by atoms with Gasteiger partial charge in [-0.2, -0.15) is 13.2 Å². The third-order valence-electron chi connectivity index (χ3n) is 1.78. The van der Waals surface area contributed by atoms with E-state index in [0.717, 1.165) is 6.20 Å². The maximum absolute atomic E-state index is 12.6. The van der Waals surface area contributed by atoms with Crippen molar-refractivity contribution in [2.24, 2.45) is 0 Å². The number of rotatable bonds is 2. The van der Waals surface area contributed by atoms with E-state index in [1.807, 2.05) is 0 Å². The highest BCUT2D eigenvalue weighted by molar-refractivity contribution is 9.08. The summed E-state index contributed by atoms with van der Waals surface area (Å²) < 4.78 is 62.8. The summed E-state index contributed by atoms with van der Waals surface area (Å²) in [6, 6.07) is 0. The third kappa shape index (κ3) is 2.63. The maximum atomic E-state index is 12.6. The fraction of sp³-hybridized carbons (Fsp3) is 0.375. The number of nitrogens with zero attached hydrogens (tertiary/aromatic N) is 1. The standard InChI is InChI=1S/C8H4BrClF5N/c9-1-4-6(8(13,14)15)5(7(11)12)3(10)2-16-4/h2,7H,1H2. The number of alkyl halides is 6. The second-order valence-corrected chi connectivity index (χ2v) is 3.74. The fourth-order valence-electron chi connectivity index (χ4n) is 1.17. The Hall–Kier alpha value is -0.430. The highest BCUT2D eigenvalue weighted by atomic mass is 79.9. The minimum atomic E-state index is -4.91. The van der Waals surface area contributed by atoms with Crippen molar-refractivity contribution in [2.45, 2.75) is 17.9 Å². The fourth-order valence-corrected chi connectivity index (χ4v) is 1.83. The summed E-state index contributed by atoms with van der Waals surface area (Å²) in [4.78, 5) is 3.37. The molecule has 0 saturated heterocycles. The molecule has 0 radical (unpaired) electrons. The van der Waals surface area contributed by atoms with Crippen molar-refractivity contribution in [3.05, 3.63) is 28.0 Å². The first kappa shape index (κ1) is 13.6. The largest absolute Gasteiger partial charge is 0.418 e. The SMILES string of the molecule is FC(F)c1c(Cl)cnc(CBr)c1C(F)(F)F. The van der Waals surface area contributed by atoms with Gasteiger partial charge in [0.2, 0.25) is 0 Å². The van der Waals surface area contributed by atoms with Crippen LogP contribution in [0, 0.1) is 0 Å². The van der Waals surface area contributed by atoms with Crippen molar-refractivity contribution < 1.29 is 22.0 Å². The van der Waals surface area contributed by atoms with Gasteiger partial charge in [0.05, 0.1) is 21.8 Å². The molecule has 90 valence electrons. The predicted octanol–water partition coefficient (Wildman–Crippen LogP) is 4.59. The Morgan fingerprint density at radius 1 is 1.38 bits per heavy atom. The van der Waals surface area contributed by atoms with Crippen LogP contribution >= 0.6 is 27.5 Å². The molecule has 8 heteroatoms. The summed E-state index contributed by atoms with van der Waals surface area (Å²) >= 11 is 8.06. The summed E-state index contributed by atoms with van der Waals surface area (Å²) in [7, 11) is 0. The van der Waals surface area contributed by atoms with E-state index >= 15 is 0 Å². The molecule has 0 N–H and O–H groups in total. The van der Waals surface area contributed by atoms with Gasteiger partial charge in [0.15, 0.2) is 0 Å². The molecule has 0 atom stereocenters. The van der Waals surface area contributed by atoms with Gasteiger partial charge >= 0.3 is 6.18 Å². The van der Waals surface area contributed by atoms with Gasteiger partial charge < -0.3 is 0 Å². The maximum Gasteiger partial charge on any atom is 0.418 e. The summed E-state index contributed by atoms with van der Waals surface area (Å²) in [5.74, 6) is 0. The first-order valence-corrected chi connectivity index (χ1v) is 5.37. The summed E-state index contributed by atoms with van der Waals surface area (Å²) in [6.45, 7) is 0. The van der Waals surface area contributed by atoms with Crippen LogP contribution in [0.3, 0.4) is 0 Å². The number of hydrogen-bond acceptors (Lipinski definition) is 1. The normalized spacial score (nSPS) is 12.2. The van der Waals surface area contributed by atoms with Gasteiger partial charge in [-0.05, 0) is 0 Å². The molecular formula is C8H4BrClF5N. The van der Waals surface area contributed by atoms with Crippen LogP contribution in [0.25, 0.3) is 0 Å². The molecule has 1 aromatic rings. The molecule has 0 unspecified atom stereocenters. The summed E-state index contributed by atoms with van der Waals surface area (Å²) in [5, 5.41) is -0.967. The number of aromatic nitrogens is 1. The van der Waals surface area contributed by atoms with Crippen molar-refractivity contribution in [1.29, 1.82) is 0 Å². The topological polar surface area (TPSA) is 12.9 Å². The van der Waals surface area contributed by atoms with Gasteiger partial charge in [-0.1, -0.05) is 27.5 Å². The molecule has 1 rings (SSSR count). The first-order valence-electron chi connectivity index (χ1n) is 3.87. The highest BCUT2D eigenvalue weighted by Gasteiger charge is 2.40. The molecule has 0 aliphatic heterocycles. The zero-order chi connectivity index (χ0) is 12.5. The molecule has 0 fully saturated rings. The Kier molecular flexibility index (Phi) is 4.12. The lowest BCUT2D eigenvalue weighted by molar-refractivity contribution is -0.140. The molecule has 1 aromatic heterocycles. The molecule has 16 heavy (non-hydrogen) atoms. The summed E-state index contributed by atoms with van der Waals surface area (Å²) in [6.07, 6.45) is -7.42. The van der Waals surface area contributed by atoms with Gasteiger partial charge in [-0.3, -0.25) is 4.98 Å². The second kappa shape index (κ2) is 4.83. The van der Waals surface area contributed by atoms with Gasteiger partial charge in [0.25, 0.3) is 6.43 Å². The van der Waals surface area contributed by atoms with Crippen molar-refractivity contribution in [3.8, 4) is 0 Å². The molecule has 1 heterocycles. The Labute approximate surface area is 101 Å². The van der Waals surface area contributed by atoms with E-state index in [0.29, 0.717) is 0 Å². The van der Waals surface area contributed by atoms with E-state index < -0.39 is 34.4 Å². The van der Waals surface area contributed by atoms with E-state index in [9.17, 15) is 22.0 Å². The van der Waals surface area contributed by atoms with Crippen LogP contribution in [-0.2, 0) is 11.5 Å². The average molecular weight is 324 g/mol. The van der Waals surface area contributed by atoms with Crippen LogP contribution in [0.15, 0.2) is 6.20 Å². The molecule has 0 aliphatic rings. The van der Waals surface area contributed by atoms with E-state index in [4.69, 9.17) is 11.6 Å². The second-order valence-electron chi connectivity index (χ2n) is 2.77. The molecule has 0 aliphatic carbocycles.